The SMILES string of the molecule is CN(C)c1ccc(C(=O)N2CCCN(C(=O)C3CC3)CC2)cc1. The van der Waals surface area contributed by atoms with E-state index in [1.807, 2.05) is 53.1 Å². The summed E-state index contributed by atoms with van der Waals surface area (Å²) in [4.78, 5) is 30.7. The molecule has 0 N–H and O–H groups in total. The van der Waals surface area contributed by atoms with Crippen molar-refractivity contribution in [3.63, 3.8) is 0 Å². The van der Waals surface area contributed by atoms with Crippen LogP contribution in [-0.2, 0) is 4.79 Å². The number of benzene rings is 1. The number of carbonyl (C=O) groups excluding carboxylic acids is 2. The first-order chi connectivity index (χ1) is 11.1. The second-order valence-electron chi connectivity index (χ2n) is 6.69. The molecule has 0 unspecified atom stereocenters. The zero-order valence-electron chi connectivity index (χ0n) is 14.0. The number of nitrogens with zero attached hydrogens (tertiary/aromatic N) is 3. The maximum Gasteiger partial charge on any atom is 0.253 e. The standard InChI is InChI=1S/C18H25N3O2/c1-19(2)16-8-6-15(7-9-16)18(23)21-11-3-10-20(12-13-21)17(22)14-4-5-14/h6-9,14H,3-5,10-13H2,1-2H3. The lowest BCUT2D eigenvalue weighted by molar-refractivity contribution is -0.132. The Morgan fingerprint density at radius 1 is 0.957 bits per heavy atom. The minimum absolute atomic E-state index is 0.0658. The van der Waals surface area contributed by atoms with Gasteiger partial charge in [-0.25, -0.2) is 0 Å². The Labute approximate surface area is 137 Å². The number of hydrogen-bond donors (Lipinski definition) is 0. The van der Waals surface area contributed by atoms with Crippen LogP contribution in [0.25, 0.3) is 0 Å². The summed E-state index contributed by atoms with van der Waals surface area (Å²) in [5, 5.41) is 0. The fraction of sp³-hybridized carbons (Fsp3) is 0.556. The Morgan fingerprint density at radius 2 is 1.57 bits per heavy atom. The van der Waals surface area contributed by atoms with Crippen LogP contribution >= 0.6 is 0 Å². The summed E-state index contributed by atoms with van der Waals surface area (Å²) in [7, 11) is 3.97. The van der Waals surface area contributed by atoms with E-state index in [-0.39, 0.29) is 17.7 Å². The molecule has 23 heavy (non-hydrogen) atoms. The van der Waals surface area contributed by atoms with Crippen LogP contribution in [-0.4, -0.2) is 61.9 Å². The lowest BCUT2D eigenvalue weighted by Crippen LogP contribution is -2.38. The van der Waals surface area contributed by atoms with E-state index in [1.54, 1.807) is 0 Å². The van der Waals surface area contributed by atoms with E-state index in [9.17, 15) is 9.59 Å². The number of carbonyl (C=O) groups is 2. The molecule has 0 atom stereocenters. The summed E-state index contributed by atoms with van der Waals surface area (Å²) in [6.07, 6.45) is 2.94. The van der Waals surface area contributed by atoms with E-state index >= 15 is 0 Å². The van der Waals surface area contributed by atoms with Gasteiger partial charge in [-0.05, 0) is 43.5 Å². The molecule has 0 radical (unpaired) electrons. The first-order valence-electron chi connectivity index (χ1n) is 8.41. The Hall–Kier alpha value is -2.04. The number of anilines is 1. The number of rotatable bonds is 3. The average molecular weight is 315 g/mol. The van der Waals surface area contributed by atoms with E-state index in [0.29, 0.717) is 13.1 Å². The van der Waals surface area contributed by atoms with Gasteiger partial charge in [0.05, 0.1) is 0 Å². The van der Waals surface area contributed by atoms with Crippen molar-refractivity contribution in [1.82, 2.24) is 9.80 Å². The average Bonchev–Trinajstić information content (AvgIpc) is 3.40. The largest absolute Gasteiger partial charge is 0.378 e. The molecule has 1 aliphatic heterocycles. The fourth-order valence-corrected chi connectivity index (χ4v) is 3.01. The Morgan fingerprint density at radius 3 is 2.17 bits per heavy atom. The third-order valence-corrected chi connectivity index (χ3v) is 4.65. The van der Waals surface area contributed by atoms with Crippen LogP contribution in [0.1, 0.15) is 29.6 Å². The van der Waals surface area contributed by atoms with Crippen molar-refractivity contribution in [2.45, 2.75) is 19.3 Å². The van der Waals surface area contributed by atoms with Crippen LogP contribution in [0.2, 0.25) is 0 Å². The van der Waals surface area contributed by atoms with E-state index in [0.717, 1.165) is 43.6 Å². The van der Waals surface area contributed by atoms with Crippen LogP contribution in [0.5, 0.6) is 0 Å². The van der Waals surface area contributed by atoms with Gasteiger partial charge >= 0.3 is 0 Å². The first-order valence-corrected chi connectivity index (χ1v) is 8.41. The molecule has 124 valence electrons. The third-order valence-electron chi connectivity index (χ3n) is 4.65. The van der Waals surface area contributed by atoms with Gasteiger partial charge in [-0.3, -0.25) is 9.59 Å². The van der Waals surface area contributed by atoms with Gasteiger partial charge in [0.15, 0.2) is 0 Å². The highest BCUT2D eigenvalue weighted by atomic mass is 16.2. The highest BCUT2D eigenvalue weighted by Crippen LogP contribution is 2.31. The van der Waals surface area contributed by atoms with E-state index in [4.69, 9.17) is 0 Å². The molecule has 1 aromatic rings. The smallest absolute Gasteiger partial charge is 0.253 e. The van der Waals surface area contributed by atoms with Crippen LogP contribution in [0.15, 0.2) is 24.3 Å². The summed E-state index contributed by atoms with van der Waals surface area (Å²) < 4.78 is 0. The van der Waals surface area contributed by atoms with Gasteiger partial charge in [0, 0.05) is 57.4 Å². The molecule has 2 amide bonds. The molecule has 3 rings (SSSR count). The maximum absolute atomic E-state index is 12.7. The lowest BCUT2D eigenvalue weighted by Gasteiger charge is -2.22. The van der Waals surface area contributed by atoms with E-state index < -0.39 is 0 Å². The quantitative estimate of drug-likeness (QED) is 0.855. The van der Waals surface area contributed by atoms with Crippen molar-refractivity contribution in [3.8, 4) is 0 Å². The Balaban J connectivity index is 1.62. The van der Waals surface area contributed by atoms with Gasteiger partial charge < -0.3 is 14.7 Å². The molecule has 0 bridgehead atoms. The van der Waals surface area contributed by atoms with E-state index in [2.05, 4.69) is 0 Å². The molecule has 1 heterocycles. The molecule has 0 spiro atoms. The van der Waals surface area contributed by atoms with Crippen LogP contribution in [0, 0.1) is 5.92 Å². The third kappa shape index (κ3) is 3.66. The zero-order valence-corrected chi connectivity index (χ0v) is 14.0. The van der Waals surface area contributed by atoms with Crippen LogP contribution < -0.4 is 4.90 Å². The van der Waals surface area contributed by atoms with Gasteiger partial charge in [0.25, 0.3) is 5.91 Å². The summed E-state index contributed by atoms with van der Waals surface area (Å²) in [6.45, 7) is 2.80. The van der Waals surface area contributed by atoms with Crippen LogP contribution in [0.4, 0.5) is 5.69 Å². The van der Waals surface area contributed by atoms with Crippen LogP contribution in [0.3, 0.4) is 0 Å². The summed E-state index contributed by atoms with van der Waals surface area (Å²) in [6, 6.07) is 7.70. The molecular formula is C18H25N3O2. The molecule has 1 saturated carbocycles. The Bertz CT molecular complexity index is 578. The molecular weight excluding hydrogens is 290 g/mol. The van der Waals surface area contributed by atoms with Crippen molar-refractivity contribution < 1.29 is 9.59 Å². The molecule has 0 aromatic heterocycles. The molecule has 5 nitrogen and oxygen atoms in total. The predicted octanol–water partition coefficient (Wildman–Crippen LogP) is 1.84. The zero-order chi connectivity index (χ0) is 16.4. The van der Waals surface area contributed by atoms with Crippen molar-refractivity contribution in [2.24, 2.45) is 5.92 Å². The summed E-state index contributed by atoms with van der Waals surface area (Å²) >= 11 is 0. The second kappa shape index (κ2) is 6.60. The Kier molecular flexibility index (Phi) is 4.55. The van der Waals surface area contributed by atoms with Crippen molar-refractivity contribution in [2.75, 3.05) is 45.2 Å². The molecule has 2 aliphatic rings. The monoisotopic (exact) mass is 315 g/mol. The molecule has 1 aromatic carbocycles. The topological polar surface area (TPSA) is 43.9 Å². The fourth-order valence-electron chi connectivity index (χ4n) is 3.01. The highest BCUT2D eigenvalue weighted by Gasteiger charge is 2.34. The van der Waals surface area contributed by atoms with Gasteiger partial charge in [-0.15, -0.1) is 0 Å². The van der Waals surface area contributed by atoms with Gasteiger partial charge in [0.2, 0.25) is 5.91 Å². The van der Waals surface area contributed by atoms with Gasteiger partial charge in [-0.2, -0.15) is 0 Å². The minimum Gasteiger partial charge on any atom is -0.378 e. The maximum atomic E-state index is 12.7. The number of hydrogen-bond acceptors (Lipinski definition) is 3. The lowest BCUT2D eigenvalue weighted by atomic mass is 10.1. The molecule has 1 aliphatic carbocycles. The van der Waals surface area contributed by atoms with Crippen molar-refractivity contribution in [3.05, 3.63) is 29.8 Å². The molecule has 1 saturated heterocycles. The van der Waals surface area contributed by atoms with E-state index in [1.165, 1.54) is 0 Å². The summed E-state index contributed by atoms with van der Waals surface area (Å²) in [5.74, 6) is 0.612. The van der Waals surface area contributed by atoms with Crippen molar-refractivity contribution >= 4 is 17.5 Å². The van der Waals surface area contributed by atoms with Gasteiger partial charge in [0.1, 0.15) is 0 Å². The normalized spacial score (nSPS) is 18.5. The van der Waals surface area contributed by atoms with Gasteiger partial charge in [-0.1, -0.05) is 0 Å². The molecule has 2 fully saturated rings. The minimum atomic E-state index is 0.0658. The summed E-state index contributed by atoms with van der Waals surface area (Å²) in [5.41, 5.74) is 1.80. The second-order valence-corrected chi connectivity index (χ2v) is 6.69. The van der Waals surface area contributed by atoms with Crippen molar-refractivity contribution in [1.29, 1.82) is 0 Å². The number of amides is 2. The molecule has 5 heteroatoms. The highest BCUT2D eigenvalue weighted by molar-refractivity contribution is 5.94. The predicted molar refractivity (Wildman–Crippen MR) is 90.6 cm³/mol. The first kappa shape index (κ1) is 15.8.